The molecule has 0 spiro atoms. The maximum Gasteiger partial charge on any atom is 0.132 e. The highest BCUT2D eigenvalue weighted by Crippen LogP contribution is 2.53. The first-order valence-corrected chi connectivity index (χ1v) is 16.0. The van der Waals surface area contributed by atoms with Crippen LogP contribution in [0.1, 0.15) is 55.8 Å². The van der Waals surface area contributed by atoms with Crippen molar-refractivity contribution < 1.29 is 8.92 Å². The lowest BCUT2D eigenvalue weighted by atomic mass is 9.20. The molecule has 1 saturated heterocycles. The van der Waals surface area contributed by atoms with E-state index in [2.05, 4.69) is 99.2 Å². The molecule has 0 unspecified atom stereocenters. The maximum atomic E-state index is 6.12. The summed E-state index contributed by atoms with van der Waals surface area (Å²) in [5.41, 5.74) is 4.40. The van der Waals surface area contributed by atoms with Crippen molar-refractivity contribution in [3.8, 4) is 5.75 Å². The van der Waals surface area contributed by atoms with Crippen molar-refractivity contribution in [3.05, 3.63) is 28.8 Å². The van der Waals surface area contributed by atoms with E-state index in [4.69, 9.17) is 8.92 Å². The molecule has 2 heterocycles. The Hall–Kier alpha value is 0.410. The normalized spacial score (nSPS) is 22.1. The quantitative estimate of drug-likeness (QED) is 0.241. The van der Waals surface area contributed by atoms with Crippen molar-refractivity contribution in [2.75, 3.05) is 20.2 Å². The van der Waals surface area contributed by atoms with Crippen LogP contribution in [-0.2, 0) is 17.0 Å². The Labute approximate surface area is 224 Å². The molecule has 2 atom stereocenters. The second-order valence-corrected chi connectivity index (χ2v) is 13.9. The van der Waals surface area contributed by atoms with Crippen LogP contribution in [0.4, 0.5) is 0 Å². The fourth-order valence-electron chi connectivity index (χ4n) is 6.09. The molecule has 0 aromatic heterocycles. The lowest BCUT2D eigenvalue weighted by Crippen LogP contribution is -2.54. The third kappa shape index (κ3) is 5.88. The van der Waals surface area contributed by atoms with E-state index >= 15 is 0 Å². The topological polar surface area (TPSA) is 21.7 Å². The molecular formula is C22H40B6INO2S. The first kappa shape index (κ1) is 28.0. The molecule has 3 nitrogen and oxygen atoms in total. The molecular weight excluding hydrogens is 534 g/mol. The van der Waals surface area contributed by atoms with E-state index in [1.807, 2.05) is 7.11 Å². The predicted octanol–water partition coefficient (Wildman–Crippen LogP) is 0.293. The molecule has 2 aliphatic rings. The van der Waals surface area contributed by atoms with E-state index in [1.54, 1.807) is 5.56 Å². The van der Waals surface area contributed by atoms with Crippen LogP contribution in [0, 0.1) is 11.8 Å². The number of rotatable bonds is 9. The van der Waals surface area contributed by atoms with Crippen LogP contribution in [0.2, 0.25) is 10.4 Å². The first-order valence-electron chi connectivity index (χ1n) is 12.7. The fourth-order valence-corrected chi connectivity index (χ4v) is 7.80. The van der Waals surface area contributed by atoms with Crippen LogP contribution in [0.3, 0.4) is 0 Å². The monoisotopic (exact) mass is 575 g/mol. The summed E-state index contributed by atoms with van der Waals surface area (Å²) in [4.78, 5) is 2.76. The van der Waals surface area contributed by atoms with E-state index in [1.165, 1.54) is 52.7 Å². The van der Waals surface area contributed by atoms with Gasteiger partial charge in [0.05, 0.1) is 47.7 Å². The summed E-state index contributed by atoms with van der Waals surface area (Å²) in [6, 6.07) is 5.43. The Morgan fingerprint density at radius 1 is 1.15 bits per heavy atom. The highest BCUT2D eigenvalue weighted by atomic mass is 127. The van der Waals surface area contributed by atoms with Gasteiger partial charge in [0.1, 0.15) is 21.4 Å². The van der Waals surface area contributed by atoms with Gasteiger partial charge in [0, 0.05) is 45.7 Å². The minimum atomic E-state index is -0.251. The fraction of sp³-hybridized carbons (Fsp3) is 0.727. The summed E-state index contributed by atoms with van der Waals surface area (Å²) in [5, 5.41) is -0.260. The summed E-state index contributed by atoms with van der Waals surface area (Å²) >= 11 is 2.23. The summed E-state index contributed by atoms with van der Waals surface area (Å²) < 4.78 is 12.1. The van der Waals surface area contributed by atoms with Crippen LogP contribution < -0.4 is 4.74 Å². The Morgan fingerprint density at radius 3 is 2.45 bits per heavy atom. The van der Waals surface area contributed by atoms with E-state index in [0.29, 0.717) is 6.04 Å². The molecule has 0 amide bonds. The highest BCUT2D eigenvalue weighted by Gasteiger charge is 2.48. The lowest BCUT2D eigenvalue weighted by molar-refractivity contribution is 0.0895. The predicted molar refractivity (Wildman–Crippen MR) is 169 cm³/mol. The maximum absolute atomic E-state index is 6.12. The molecule has 0 N–H and O–H groups in total. The number of ether oxygens (including phenoxy) is 1. The zero-order chi connectivity index (χ0) is 24.6. The largest absolute Gasteiger partial charge is 0.496 e. The van der Waals surface area contributed by atoms with Crippen LogP contribution in [0.5, 0.6) is 5.75 Å². The zero-order valence-corrected chi connectivity index (χ0v) is 25.4. The highest BCUT2D eigenvalue weighted by molar-refractivity contribution is 14.2. The van der Waals surface area contributed by atoms with Crippen LogP contribution >= 0.6 is 30.4 Å². The average molecular weight is 574 g/mol. The number of methoxy groups -OCH3 is 1. The molecule has 33 heavy (non-hydrogen) atoms. The minimum absolute atomic E-state index is 0.0278. The smallest absolute Gasteiger partial charge is 0.132 e. The van der Waals surface area contributed by atoms with Gasteiger partial charge in [-0.15, -0.1) is 0 Å². The molecule has 1 aromatic rings. The summed E-state index contributed by atoms with van der Waals surface area (Å²) in [6.45, 7) is 7.18. The second-order valence-electron chi connectivity index (χ2n) is 12.5. The van der Waals surface area contributed by atoms with Gasteiger partial charge in [-0.3, -0.25) is 4.90 Å². The summed E-state index contributed by atoms with van der Waals surface area (Å²) in [7, 11) is 17.2. The standard InChI is InChI=1S/C22H40B6INO2S/c1-13(2)8-14-4-5-18-17-10-19(31-3)16(9-15(17)6-7-30(18)12-14)11-20(23,24)21(25,26)22(27,28)32-33-29/h9-10,13-14,18H,4-8,11-12,23-28H2,1-3H3/t14-,18-/m1/s1. The number of nitrogens with zero attached hydrogens (tertiary/aromatic N) is 1. The molecule has 1 fully saturated rings. The number of halogens is 1. The number of hydrogen-bond acceptors (Lipinski definition) is 4. The van der Waals surface area contributed by atoms with Gasteiger partial charge < -0.3 is 8.92 Å². The van der Waals surface area contributed by atoms with Gasteiger partial charge in [-0.25, -0.2) is 0 Å². The van der Waals surface area contributed by atoms with Crippen molar-refractivity contribution >= 4 is 77.5 Å². The molecule has 0 bridgehead atoms. The van der Waals surface area contributed by atoms with E-state index in [-0.39, 0.29) is 15.8 Å². The average Bonchev–Trinajstić information content (AvgIpc) is 2.72. The number of piperidine rings is 1. The molecule has 1 aromatic carbocycles. The van der Waals surface area contributed by atoms with Gasteiger partial charge in [0.2, 0.25) is 0 Å². The zero-order valence-electron chi connectivity index (χ0n) is 22.4. The van der Waals surface area contributed by atoms with E-state index in [0.717, 1.165) is 30.4 Å². The van der Waals surface area contributed by atoms with Crippen molar-refractivity contribution in [3.63, 3.8) is 0 Å². The SMILES string of the molecule is BC(B)(Cc1cc2c(cc1OC)[C@H]1CC[C@H](CC(C)C)CN1CC2)C(B)(B)C(B)(B)OSI. The van der Waals surface area contributed by atoms with Gasteiger partial charge in [0.25, 0.3) is 0 Å². The third-order valence-corrected chi connectivity index (χ3v) is 10.2. The van der Waals surface area contributed by atoms with Gasteiger partial charge in [-0.1, -0.05) is 30.3 Å². The molecule has 0 aliphatic carbocycles. The molecule has 176 valence electrons. The summed E-state index contributed by atoms with van der Waals surface area (Å²) in [6.07, 6.45) is 6.12. The first-order chi connectivity index (χ1) is 15.3. The van der Waals surface area contributed by atoms with Crippen molar-refractivity contribution in [2.24, 2.45) is 11.8 Å². The van der Waals surface area contributed by atoms with Crippen LogP contribution in [0.25, 0.3) is 0 Å². The van der Waals surface area contributed by atoms with Gasteiger partial charge >= 0.3 is 0 Å². The molecule has 0 radical (unpaired) electrons. The second kappa shape index (κ2) is 10.8. The number of hydrogen-bond donors (Lipinski definition) is 0. The van der Waals surface area contributed by atoms with Crippen molar-refractivity contribution in [1.29, 1.82) is 0 Å². The number of fused-ring (bicyclic) bond motifs is 3. The molecule has 11 heteroatoms. The van der Waals surface area contributed by atoms with Gasteiger partial charge in [0.15, 0.2) is 0 Å². The van der Waals surface area contributed by atoms with Crippen LogP contribution in [0.15, 0.2) is 12.1 Å². The molecule has 2 aliphatic heterocycles. The number of benzene rings is 1. The third-order valence-electron chi connectivity index (χ3n) is 9.23. The Balaban J connectivity index is 1.86. The van der Waals surface area contributed by atoms with Crippen molar-refractivity contribution in [1.82, 2.24) is 4.90 Å². The van der Waals surface area contributed by atoms with E-state index in [9.17, 15) is 0 Å². The Morgan fingerprint density at radius 2 is 1.85 bits per heavy atom. The van der Waals surface area contributed by atoms with Crippen LogP contribution in [-0.4, -0.2) is 77.6 Å². The Bertz CT molecular complexity index is 841. The van der Waals surface area contributed by atoms with Crippen molar-refractivity contribution in [2.45, 2.75) is 67.8 Å². The van der Waals surface area contributed by atoms with Gasteiger partial charge in [-0.2, -0.15) is 0 Å². The minimum Gasteiger partial charge on any atom is -0.496 e. The Kier molecular flexibility index (Phi) is 9.16. The van der Waals surface area contributed by atoms with Gasteiger partial charge in [-0.05, 0) is 66.7 Å². The van der Waals surface area contributed by atoms with E-state index < -0.39 is 0 Å². The molecule has 3 rings (SSSR count). The molecule has 0 saturated carbocycles. The lowest BCUT2D eigenvalue weighted by Gasteiger charge is -2.53. The summed E-state index contributed by atoms with van der Waals surface area (Å²) in [5.74, 6) is 2.72.